The number of benzene rings is 2. The van der Waals surface area contributed by atoms with E-state index < -0.39 is 10.0 Å². The highest BCUT2D eigenvalue weighted by atomic mass is 35.5. The van der Waals surface area contributed by atoms with Crippen LogP contribution in [0.5, 0.6) is 0 Å². The summed E-state index contributed by atoms with van der Waals surface area (Å²) in [5, 5.41) is 6.11. The van der Waals surface area contributed by atoms with E-state index in [1.54, 1.807) is 6.07 Å². The van der Waals surface area contributed by atoms with Gasteiger partial charge in [-0.05, 0) is 68.3 Å². The molecular formula is C21H26ClN3O3S. The molecule has 1 heterocycles. The van der Waals surface area contributed by atoms with Gasteiger partial charge in [-0.3, -0.25) is 9.52 Å². The Labute approximate surface area is 178 Å². The van der Waals surface area contributed by atoms with E-state index in [2.05, 4.69) is 21.4 Å². The van der Waals surface area contributed by atoms with Crippen molar-refractivity contribution in [1.82, 2.24) is 10.6 Å². The van der Waals surface area contributed by atoms with Gasteiger partial charge in [0.15, 0.2) is 0 Å². The molecule has 0 fully saturated rings. The van der Waals surface area contributed by atoms with Crippen LogP contribution in [-0.4, -0.2) is 34.0 Å². The molecular weight excluding hydrogens is 410 g/mol. The van der Waals surface area contributed by atoms with E-state index in [4.69, 9.17) is 0 Å². The molecule has 2 aromatic rings. The van der Waals surface area contributed by atoms with Crippen molar-refractivity contribution in [3.63, 3.8) is 0 Å². The summed E-state index contributed by atoms with van der Waals surface area (Å²) in [5.41, 5.74) is 4.08. The number of hydrogen-bond donors (Lipinski definition) is 3. The molecule has 0 unspecified atom stereocenters. The number of carbonyl (C=O) groups is 1. The van der Waals surface area contributed by atoms with Gasteiger partial charge in [0, 0.05) is 18.7 Å². The number of rotatable bonds is 6. The Morgan fingerprint density at radius 1 is 1.10 bits per heavy atom. The molecule has 1 amide bonds. The first-order valence-corrected chi connectivity index (χ1v) is 10.7. The summed E-state index contributed by atoms with van der Waals surface area (Å²) in [6.07, 6.45) is 3.00. The van der Waals surface area contributed by atoms with Crippen LogP contribution in [-0.2, 0) is 10.0 Å². The van der Waals surface area contributed by atoms with E-state index >= 15 is 0 Å². The third kappa shape index (κ3) is 5.82. The third-order valence-corrected chi connectivity index (χ3v) is 6.29. The van der Waals surface area contributed by atoms with Crippen molar-refractivity contribution in [2.75, 3.05) is 24.4 Å². The number of aryl methyl sites for hydroxylation is 1. The van der Waals surface area contributed by atoms with Crippen LogP contribution in [0.3, 0.4) is 0 Å². The first-order chi connectivity index (χ1) is 13.4. The highest BCUT2D eigenvalue weighted by Gasteiger charge is 2.17. The molecule has 0 atom stereocenters. The molecule has 0 saturated carbocycles. The van der Waals surface area contributed by atoms with E-state index in [1.807, 2.05) is 26.0 Å². The zero-order valence-corrected chi connectivity index (χ0v) is 18.1. The highest BCUT2D eigenvalue weighted by molar-refractivity contribution is 7.92. The van der Waals surface area contributed by atoms with E-state index in [9.17, 15) is 13.2 Å². The lowest BCUT2D eigenvalue weighted by Crippen LogP contribution is -2.29. The number of amides is 1. The van der Waals surface area contributed by atoms with Crippen LogP contribution in [0.2, 0.25) is 0 Å². The fourth-order valence-electron chi connectivity index (χ4n) is 2.98. The average Bonchev–Trinajstić information content (AvgIpc) is 2.70. The summed E-state index contributed by atoms with van der Waals surface area (Å²) in [7, 11) is -3.72. The second-order valence-electron chi connectivity index (χ2n) is 6.88. The molecule has 3 N–H and O–H groups in total. The maximum atomic E-state index is 12.7. The van der Waals surface area contributed by atoms with Crippen LogP contribution in [0.25, 0.3) is 0 Å². The number of anilines is 1. The monoisotopic (exact) mass is 435 g/mol. The van der Waals surface area contributed by atoms with Gasteiger partial charge in [-0.15, -0.1) is 12.4 Å². The predicted octanol–water partition coefficient (Wildman–Crippen LogP) is 3.18. The zero-order chi connectivity index (χ0) is 20.1. The molecule has 0 aliphatic carbocycles. The topological polar surface area (TPSA) is 87.3 Å². The molecule has 1 aliphatic rings. The van der Waals surface area contributed by atoms with Crippen molar-refractivity contribution >= 4 is 34.0 Å². The molecule has 2 aromatic carbocycles. The summed E-state index contributed by atoms with van der Waals surface area (Å²) in [6.45, 7) is 6.06. The Morgan fingerprint density at radius 2 is 1.83 bits per heavy atom. The molecule has 8 heteroatoms. The minimum atomic E-state index is -3.72. The van der Waals surface area contributed by atoms with Crippen molar-refractivity contribution in [1.29, 1.82) is 0 Å². The molecule has 29 heavy (non-hydrogen) atoms. The van der Waals surface area contributed by atoms with Crippen molar-refractivity contribution in [3.05, 3.63) is 70.8 Å². The van der Waals surface area contributed by atoms with Gasteiger partial charge >= 0.3 is 0 Å². The van der Waals surface area contributed by atoms with E-state index in [1.165, 1.54) is 29.8 Å². The van der Waals surface area contributed by atoms with E-state index in [0.29, 0.717) is 17.8 Å². The number of nitrogens with one attached hydrogen (secondary N) is 3. The van der Waals surface area contributed by atoms with Crippen LogP contribution in [0.15, 0.2) is 59.0 Å². The van der Waals surface area contributed by atoms with Gasteiger partial charge in [0.25, 0.3) is 15.9 Å². The van der Waals surface area contributed by atoms with Crippen molar-refractivity contribution in [3.8, 4) is 0 Å². The first-order valence-electron chi connectivity index (χ1n) is 9.23. The third-order valence-electron chi connectivity index (χ3n) is 4.91. The molecule has 0 spiro atoms. The SMILES string of the molecule is Cc1cccc(NS(=O)(=O)c2ccc(C(=O)NCC3=CCNCC3)cc2)c1C.Cl. The molecule has 0 aromatic heterocycles. The second-order valence-corrected chi connectivity index (χ2v) is 8.56. The maximum Gasteiger partial charge on any atom is 0.261 e. The molecule has 3 rings (SSSR count). The van der Waals surface area contributed by atoms with Crippen LogP contribution in [0, 0.1) is 13.8 Å². The minimum absolute atomic E-state index is 0. The Bertz CT molecular complexity index is 1000. The van der Waals surface area contributed by atoms with Gasteiger partial charge in [-0.25, -0.2) is 8.42 Å². The smallest absolute Gasteiger partial charge is 0.261 e. The summed E-state index contributed by atoms with van der Waals surface area (Å²) >= 11 is 0. The minimum Gasteiger partial charge on any atom is -0.348 e. The van der Waals surface area contributed by atoms with Crippen LogP contribution in [0.4, 0.5) is 5.69 Å². The standard InChI is InChI=1S/C21H25N3O3S.ClH/c1-15-4-3-5-20(16(15)2)24-28(26,27)19-8-6-18(7-9-19)21(25)23-14-17-10-12-22-13-11-17;/h3-10,22,24H,11-14H2,1-2H3,(H,23,25);1H. The Balaban J connectivity index is 0.00000300. The number of carbonyl (C=O) groups excluding carboxylic acids is 1. The van der Waals surface area contributed by atoms with E-state index in [-0.39, 0.29) is 23.2 Å². The summed E-state index contributed by atoms with van der Waals surface area (Å²) in [4.78, 5) is 12.4. The van der Waals surface area contributed by atoms with Gasteiger partial charge in [0.2, 0.25) is 0 Å². The van der Waals surface area contributed by atoms with Crippen LogP contribution < -0.4 is 15.4 Å². The first kappa shape index (κ1) is 22.9. The Hall–Kier alpha value is -2.35. The quantitative estimate of drug-likeness (QED) is 0.608. The number of sulfonamides is 1. The second kappa shape index (κ2) is 9.91. The lowest BCUT2D eigenvalue weighted by Gasteiger charge is -2.15. The fourth-order valence-corrected chi connectivity index (χ4v) is 4.10. The molecule has 0 radical (unpaired) electrons. The van der Waals surface area contributed by atoms with Gasteiger partial charge in [-0.2, -0.15) is 0 Å². The van der Waals surface area contributed by atoms with Gasteiger partial charge in [0.05, 0.1) is 10.6 Å². The fraction of sp³-hybridized carbons (Fsp3) is 0.286. The average molecular weight is 436 g/mol. The summed E-state index contributed by atoms with van der Waals surface area (Å²) in [5.74, 6) is -0.217. The predicted molar refractivity (Wildman–Crippen MR) is 118 cm³/mol. The highest BCUT2D eigenvalue weighted by Crippen LogP contribution is 2.22. The van der Waals surface area contributed by atoms with Crippen molar-refractivity contribution in [2.45, 2.75) is 25.2 Å². The zero-order valence-electron chi connectivity index (χ0n) is 16.5. The number of halogens is 1. The molecule has 6 nitrogen and oxygen atoms in total. The van der Waals surface area contributed by atoms with Gasteiger partial charge in [0.1, 0.15) is 0 Å². The van der Waals surface area contributed by atoms with Gasteiger partial charge < -0.3 is 10.6 Å². The van der Waals surface area contributed by atoms with E-state index in [0.717, 1.165) is 30.6 Å². The van der Waals surface area contributed by atoms with Crippen LogP contribution in [0.1, 0.15) is 27.9 Å². The molecule has 1 aliphatic heterocycles. The largest absolute Gasteiger partial charge is 0.348 e. The molecule has 0 saturated heterocycles. The maximum absolute atomic E-state index is 12.7. The number of hydrogen-bond acceptors (Lipinski definition) is 4. The van der Waals surface area contributed by atoms with Gasteiger partial charge in [-0.1, -0.05) is 23.8 Å². The van der Waals surface area contributed by atoms with Crippen LogP contribution >= 0.6 is 12.4 Å². The molecule has 0 bridgehead atoms. The lowest BCUT2D eigenvalue weighted by molar-refractivity contribution is 0.0956. The lowest BCUT2D eigenvalue weighted by atomic mass is 10.1. The summed E-state index contributed by atoms with van der Waals surface area (Å²) < 4.78 is 27.9. The molecule has 156 valence electrons. The summed E-state index contributed by atoms with van der Waals surface area (Å²) in [6, 6.07) is 11.4. The Kier molecular flexibility index (Phi) is 7.84. The van der Waals surface area contributed by atoms with Crippen molar-refractivity contribution < 1.29 is 13.2 Å². The van der Waals surface area contributed by atoms with Crippen molar-refractivity contribution in [2.24, 2.45) is 0 Å². The normalized spacial score (nSPS) is 13.8. The Morgan fingerprint density at radius 3 is 2.48 bits per heavy atom.